The van der Waals surface area contributed by atoms with E-state index >= 15 is 0 Å². The maximum atomic E-state index is 11.7. The van der Waals surface area contributed by atoms with Crippen LogP contribution >= 0.6 is 0 Å². The quantitative estimate of drug-likeness (QED) is 0.729. The summed E-state index contributed by atoms with van der Waals surface area (Å²) in [5.74, 6) is -0.976. The molecule has 2 saturated carbocycles. The minimum atomic E-state index is -0.941. The van der Waals surface area contributed by atoms with E-state index in [2.05, 4.69) is 5.32 Å². The van der Waals surface area contributed by atoms with Gasteiger partial charge in [0.15, 0.2) is 0 Å². The highest BCUT2D eigenvalue weighted by molar-refractivity contribution is 5.88. The SMILES string of the molecule is CC(C)[C@H](NC(=O)C1CC12CC2)C(=O)O. The maximum absolute atomic E-state index is 11.7. The predicted octanol–water partition coefficient (Wildman–Crippen LogP) is 1.01. The molecule has 4 heteroatoms. The van der Waals surface area contributed by atoms with Gasteiger partial charge in [0.25, 0.3) is 0 Å². The summed E-state index contributed by atoms with van der Waals surface area (Å²) in [7, 11) is 0. The third-order valence-electron chi connectivity index (χ3n) is 3.63. The zero-order valence-corrected chi connectivity index (χ0v) is 9.12. The zero-order chi connectivity index (χ0) is 11.2. The van der Waals surface area contributed by atoms with E-state index in [-0.39, 0.29) is 17.7 Å². The number of carbonyl (C=O) groups is 2. The first-order chi connectivity index (χ1) is 6.96. The maximum Gasteiger partial charge on any atom is 0.326 e. The second-order valence-electron chi connectivity index (χ2n) is 5.19. The minimum Gasteiger partial charge on any atom is -0.480 e. The molecule has 1 amide bonds. The topological polar surface area (TPSA) is 66.4 Å². The van der Waals surface area contributed by atoms with Gasteiger partial charge in [-0.05, 0) is 30.6 Å². The summed E-state index contributed by atoms with van der Waals surface area (Å²) in [5, 5.41) is 11.6. The van der Waals surface area contributed by atoms with Crippen LogP contribution in [0, 0.1) is 17.3 Å². The van der Waals surface area contributed by atoms with Crippen LogP contribution in [0.25, 0.3) is 0 Å². The molecule has 2 fully saturated rings. The molecular formula is C11H17NO3. The molecule has 0 aromatic rings. The lowest BCUT2D eigenvalue weighted by atomic mass is 10.0. The number of aliphatic carboxylic acids is 1. The van der Waals surface area contributed by atoms with E-state index in [0.29, 0.717) is 5.41 Å². The lowest BCUT2D eigenvalue weighted by Crippen LogP contribution is -2.45. The van der Waals surface area contributed by atoms with E-state index in [1.807, 2.05) is 0 Å². The van der Waals surface area contributed by atoms with Gasteiger partial charge in [0.1, 0.15) is 6.04 Å². The van der Waals surface area contributed by atoms with Crippen molar-refractivity contribution in [2.45, 2.75) is 39.2 Å². The van der Waals surface area contributed by atoms with Crippen molar-refractivity contribution in [3.63, 3.8) is 0 Å². The largest absolute Gasteiger partial charge is 0.480 e. The van der Waals surface area contributed by atoms with Crippen LogP contribution in [0.5, 0.6) is 0 Å². The third kappa shape index (κ3) is 1.85. The number of hydrogen-bond acceptors (Lipinski definition) is 2. The number of rotatable bonds is 4. The molecule has 4 nitrogen and oxygen atoms in total. The molecule has 0 saturated heterocycles. The highest BCUT2D eigenvalue weighted by Crippen LogP contribution is 2.70. The molecule has 0 bridgehead atoms. The predicted molar refractivity (Wildman–Crippen MR) is 54.2 cm³/mol. The van der Waals surface area contributed by atoms with E-state index < -0.39 is 12.0 Å². The van der Waals surface area contributed by atoms with Crippen LogP contribution in [-0.4, -0.2) is 23.0 Å². The van der Waals surface area contributed by atoms with Gasteiger partial charge in [0.2, 0.25) is 5.91 Å². The molecule has 0 aromatic heterocycles. The first kappa shape index (κ1) is 10.5. The van der Waals surface area contributed by atoms with Crippen LogP contribution in [0.1, 0.15) is 33.1 Å². The fourth-order valence-electron chi connectivity index (χ4n) is 2.20. The van der Waals surface area contributed by atoms with Crippen molar-refractivity contribution in [1.29, 1.82) is 0 Å². The lowest BCUT2D eigenvalue weighted by Gasteiger charge is -2.17. The minimum absolute atomic E-state index is 0.0615. The van der Waals surface area contributed by atoms with Gasteiger partial charge in [-0.25, -0.2) is 4.79 Å². The Kier molecular flexibility index (Phi) is 2.24. The summed E-state index contributed by atoms with van der Waals surface area (Å²) >= 11 is 0. The van der Waals surface area contributed by atoms with Gasteiger partial charge in [-0.15, -0.1) is 0 Å². The molecule has 1 unspecified atom stereocenters. The summed E-state index contributed by atoms with van der Waals surface area (Å²) in [6.07, 6.45) is 3.25. The Bertz CT molecular complexity index is 307. The molecule has 2 aliphatic rings. The summed E-state index contributed by atoms with van der Waals surface area (Å²) in [6.45, 7) is 3.61. The van der Waals surface area contributed by atoms with Crippen molar-refractivity contribution in [2.75, 3.05) is 0 Å². The van der Waals surface area contributed by atoms with E-state index in [0.717, 1.165) is 19.3 Å². The van der Waals surface area contributed by atoms with Crippen molar-refractivity contribution in [3.05, 3.63) is 0 Å². The fraction of sp³-hybridized carbons (Fsp3) is 0.818. The molecule has 0 aliphatic heterocycles. The molecule has 2 aliphatic carbocycles. The Morgan fingerprint density at radius 2 is 2.00 bits per heavy atom. The van der Waals surface area contributed by atoms with Crippen LogP contribution < -0.4 is 5.32 Å². The number of carboxylic acids is 1. The van der Waals surface area contributed by atoms with E-state index in [1.165, 1.54) is 0 Å². The molecular weight excluding hydrogens is 194 g/mol. The van der Waals surface area contributed by atoms with E-state index in [4.69, 9.17) is 5.11 Å². The smallest absolute Gasteiger partial charge is 0.326 e. The van der Waals surface area contributed by atoms with Crippen molar-refractivity contribution in [1.82, 2.24) is 5.32 Å². The molecule has 2 atom stereocenters. The Morgan fingerprint density at radius 1 is 1.40 bits per heavy atom. The third-order valence-corrected chi connectivity index (χ3v) is 3.63. The molecule has 2 N–H and O–H groups in total. The lowest BCUT2D eigenvalue weighted by molar-refractivity contribution is -0.143. The Labute approximate surface area is 89.0 Å². The molecule has 0 aromatic carbocycles. The number of carboxylic acid groups (broad SMARTS) is 1. The van der Waals surface area contributed by atoms with Gasteiger partial charge in [-0.3, -0.25) is 4.79 Å². The van der Waals surface area contributed by atoms with Crippen molar-refractivity contribution in [2.24, 2.45) is 17.3 Å². The van der Waals surface area contributed by atoms with Crippen LogP contribution in [-0.2, 0) is 9.59 Å². The van der Waals surface area contributed by atoms with Gasteiger partial charge in [0, 0.05) is 5.92 Å². The van der Waals surface area contributed by atoms with Gasteiger partial charge in [-0.1, -0.05) is 13.8 Å². The average molecular weight is 211 g/mol. The standard InChI is InChI=1S/C11H17NO3/c1-6(2)8(10(14)15)12-9(13)7-5-11(7)3-4-11/h6-8H,3-5H2,1-2H3,(H,12,13)(H,14,15)/t7?,8-/m0/s1. The molecule has 2 rings (SSSR count). The van der Waals surface area contributed by atoms with Gasteiger partial charge >= 0.3 is 5.97 Å². The number of nitrogens with one attached hydrogen (secondary N) is 1. The Balaban J connectivity index is 1.89. The number of hydrogen-bond donors (Lipinski definition) is 2. The summed E-state index contributed by atoms with van der Waals surface area (Å²) < 4.78 is 0. The Morgan fingerprint density at radius 3 is 2.33 bits per heavy atom. The van der Waals surface area contributed by atoms with E-state index in [1.54, 1.807) is 13.8 Å². The second-order valence-corrected chi connectivity index (χ2v) is 5.19. The number of carbonyl (C=O) groups excluding carboxylic acids is 1. The highest BCUT2D eigenvalue weighted by Gasteiger charge is 2.65. The van der Waals surface area contributed by atoms with E-state index in [9.17, 15) is 9.59 Å². The van der Waals surface area contributed by atoms with Crippen molar-refractivity contribution < 1.29 is 14.7 Å². The molecule has 1 spiro atoms. The van der Waals surface area contributed by atoms with Crippen molar-refractivity contribution in [3.8, 4) is 0 Å². The van der Waals surface area contributed by atoms with Crippen LogP contribution in [0.2, 0.25) is 0 Å². The monoisotopic (exact) mass is 211 g/mol. The number of amides is 1. The molecule has 84 valence electrons. The Hall–Kier alpha value is -1.06. The van der Waals surface area contributed by atoms with Crippen LogP contribution in [0.3, 0.4) is 0 Å². The van der Waals surface area contributed by atoms with Crippen LogP contribution in [0.15, 0.2) is 0 Å². The average Bonchev–Trinajstić information content (AvgIpc) is 3.02. The molecule has 0 radical (unpaired) electrons. The second kappa shape index (κ2) is 3.22. The van der Waals surface area contributed by atoms with Gasteiger partial charge in [-0.2, -0.15) is 0 Å². The van der Waals surface area contributed by atoms with Crippen molar-refractivity contribution >= 4 is 11.9 Å². The van der Waals surface area contributed by atoms with Crippen LogP contribution in [0.4, 0.5) is 0 Å². The molecule has 15 heavy (non-hydrogen) atoms. The zero-order valence-electron chi connectivity index (χ0n) is 9.12. The molecule has 0 heterocycles. The first-order valence-corrected chi connectivity index (χ1v) is 5.49. The van der Waals surface area contributed by atoms with Gasteiger partial charge < -0.3 is 10.4 Å². The first-order valence-electron chi connectivity index (χ1n) is 5.49. The fourth-order valence-corrected chi connectivity index (χ4v) is 2.20. The van der Waals surface area contributed by atoms with Gasteiger partial charge in [0.05, 0.1) is 0 Å². The normalized spacial score (nSPS) is 27.5. The summed E-state index contributed by atoms with van der Waals surface area (Å²) in [4.78, 5) is 22.6. The summed E-state index contributed by atoms with van der Waals surface area (Å²) in [5.41, 5.74) is 0.296. The highest BCUT2D eigenvalue weighted by atomic mass is 16.4. The summed E-state index contributed by atoms with van der Waals surface area (Å²) in [6, 6.07) is -0.742.